The Kier molecular flexibility index (Phi) is 5.66. The molecule has 0 radical (unpaired) electrons. The van der Waals surface area contributed by atoms with Gasteiger partial charge >= 0.3 is 12.4 Å². The van der Waals surface area contributed by atoms with E-state index in [1.54, 1.807) is 7.05 Å². The van der Waals surface area contributed by atoms with E-state index in [-0.39, 0.29) is 5.88 Å². The van der Waals surface area contributed by atoms with Crippen molar-refractivity contribution in [2.75, 3.05) is 12.3 Å². The molecule has 116 valence electrons. The van der Waals surface area contributed by atoms with Gasteiger partial charge < -0.3 is 14.6 Å². The summed E-state index contributed by atoms with van der Waals surface area (Å²) < 4.78 is 72.3. The normalized spacial score (nSPS) is 11.6. The van der Waals surface area contributed by atoms with Crippen LogP contribution >= 0.6 is 0 Å². The number of hydrogen-bond donors (Lipinski definition) is 2. The first kappa shape index (κ1) is 17.9. The second kappa shape index (κ2) is 6.34. The molecule has 1 aromatic rings. The number of aliphatic carboxylic acids is 1. The summed E-state index contributed by atoms with van der Waals surface area (Å²) in [5.41, 5.74) is 5.35. The lowest BCUT2D eigenvalue weighted by Crippen LogP contribution is -2.37. The smallest absolute Gasteiger partial charge is 0.430 e. The van der Waals surface area contributed by atoms with E-state index in [0.29, 0.717) is 5.82 Å². The first-order chi connectivity index (χ1) is 8.83. The first-order valence-electron chi connectivity index (χ1n) is 4.65. The molecule has 1 rings (SSSR count). The highest BCUT2D eigenvalue weighted by Crippen LogP contribution is 2.17. The third-order valence-electron chi connectivity index (χ3n) is 1.57. The van der Waals surface area contributed by atoms with Crippen LogP contribution in [0.3, 0.4) is 0 Å². The molecular weight excluding hydrogens is 300 g/mol. The summed E-state index contributed by atoms with van der Waals surface area (Å²) >= 11 is 0. The van der Waals surface area contributed by atoms with Crippen LogP contribution in [0.5, 0.6) is 5.88 Å². The van der Waals surface area contributed by atoms with Gasteiger partial charge in [-0.25, -0.2) is 0 Å². The van der Waals surface area contributed by atoms with E-state index in [9.17, 15) is 26.3 Å². The van der Waals surface area contributed by atoms with Gasteiger partial charge in [-0.3, -0.25) is 5.73 Å². The van der Waals surface area contributed by atoms with Gasteiger partial charge in [0.25, 0.3) is 5.82 Å². The maximum atomic E-state index is 11.7. The highest BCUT2D eigenvalue weighted by molar-refractivity contribution is 5.70. The third-order valence-corrected chi connectivity index (χ3v) is 1.57. The van der Waals surface area contributed by atoms with Gasteiger partial charge in [0.15, 0.2) is 6.61 Å². The number of carboxylic acid groups (broad SMARTS) is 1. The molecule has 20 heavy (non-hydrogen) atoms. The lowest BCUT2D eigenvalue weighted by Gasteiger charge is -2.05. The predicted octanol–water partition coefficient (Wildman–Crippen LogP) is -0.339. The monoisotopic (exact) mass is 309 g/mol. The molecule has 0 saturated carbocycles. The Hall–Kier alpha value is -2.14. The zero-order valence-electron chi connectivity index (χ0n) is 9.80. The van der Waals surface area contributed by atoms with Gasteiger partial charge in [-0.15, -0.1) is 0 Å². The minimum Gasteiger partial charge on any atom is -0.542 e. The third kappa shape index (κ3) is 7.33. The number of nitrogens with zero attached hydrogens (tertiary/aromatic N) is 1. The van der Waals surface area contributed by atoms with Gasteiger partial charge in [0, 0.05) is 0 Å². The molecule has 0 amide bonds. The minimum atomic E-state index is -5.19. The van der Waals surface area contributed by atoms with Crippen molar-refractivity contribution in [2.24, 2.45) is 7.05 Å². The van der Waals surface area contributed by atoms with Crippen LogP contribution in [0.25, 0.3) is 0 Å². The van der Waals surface area contributed by atoms with Gasteiger partial charge in [0.05, 0.1) is 6.07 Å². The molecule has 0 aliphatic rings. The fourth-order valence-corrected chi connectivity index (χ4v) is 0.727. The van der Waals surface area contributed by atoms with E-state index >= 15 is 0 Å². The zero-order valence-corrected chi connectivity index (χ0v) is 9.80. The molecule has 12 heteroatoms. The van der Waals surface area contributed by atoms with Crippen LogP contribution in [0.15, 0.2) is 6.07 Å². The van der Waals surface area contributed by atoms with Crippen LogP contribution in [0.4, 0.5) is 32.2 Å². The van der Waals surface area contributed by atoms with Crippen molar-refractivity contribution in [1.29, 1.82) is 0 Å². The molecule has 0 aromatic carbocycles. The summed E-state index contributed by atoms with van der Waals surface area (Å²) in [6, 6.07) is 1.28. The number of aromatic nitrogens is 2. The number of carbonyl (C=O) groups excluding carboxylic acids is 1. The molecule has 3 N–H and O–H groups in total. The molecule has 0 saturated heterocycles. The fourth-order valence-electron chi connectivity index (χ4n) is 0.727. The largest absolute Gasteiger partial charge is 0.542 e. The molecule has 0 unspecified atom stereocenters. The average molecular weight is 309 g/mol. The number of alkyl halides is 6. The Morgan fingerprint density at radius 3 is 2.10 bits per heavy atom. The minimum absolute atomic E-state index is 0.00248. The zero-order chi connectivity index (χ0) is 16.1. The van der Waals surface area contributed by atoms with Crippen LogP contribution in [-0.2, 0) is 11.8 Å². The van der Waals surface area contributed by atoms with Gasteiger partial charge in [0.2, 0.25) is 5.88 Å². The molecule has 0 bridgehead atoms. The number of anilines is 1. The number of rotatable bonds is 2. The van der Waals surface area contributed by atoms with Crippen molar-refractivity contribution in [2.45, 2.75) is 12.4 Å². The topological polar surface area (TPSA) is 95.1 Å². The maximum absolute atomic E-state index is 11.7. The van der Waals surface area contributed by atoms with Gasteiger partial charge in [-0.1, -0.05) is 0 Å². The molecule has 6 nitrogen and oxygen atoms in total. The number of H-pyrrole nitrogens is 1. The Labute approximate surface area is 107 Å². The number of halogens is 6. The molecular formula is C8H9F6N3O3. The van der Waals surface area contributed by atoms with Crippen molar-refractivity contribution in [3.63, 3.8) is 0 Å². The summed E-state index contributed by atoms with van der Waals surface area (Å²) in [7, 11) is 1.57. The Morgan fingerprint density at radius 2 is 1.85 bits per heavy atom. The molecule has 0 spiro atoms. The van der Waals surface area contributed by atoms with Crippen molar-refractivity contribution in [3.8, 4) is 5.88 Å². The van der Waals surface area contributed by atoms with Crippen LogP contribution in [-0.4, -0.2) is 30.0 Å². The molecule has 0 fully saturated rings. The van der Waals surface area contributed by atoms with Crippen LogP contribution in [0.2, 0.25) is 0 Å². The van der Waals surface area contributed by atoms with E-state index in [4.69, 9.17) is 15.6 Å². The molecule has 0 aliphatic heterocycles. The van der Waals surface area contributed by atoms with E-state index < -0.39 is 24.9 Å². The lowest BCUT2D eigenvalue weighted by molar-refractivity contribution is -0.713. The maximum Gasteiger partial charge on any atom is 0.430 e. The highest BCUT2D eigenvalue weighted by Gasteiger charge is 2.29. The Morgan fingerprint density at radius 1 is 1.40 bits per heavy atom. The number of nitrogens with two attached hydrogens (primary N) is 1. The standard InChI is InChI=1S/C6H8F3N3O.C2HF3O2/c1-12-4(10)2-5(11-12)13-3-6(7,8)9;3-2(4,5)1(6)7/h2H,3H2,1H3,(H2,10,11);(H,6,7). The van der Waals surface area contributed by atoms with Crippen molar-refractivity contribution < 1.29 is 45.7 Å². The van der Waals surface area contributed by atoms with Gasteiger partial charge in [0.1, 0.15) is 13.0 Å². The van der Waals surface area contributed by atoms with Crippen molar-refractivity contribution >= 4 is 11.8 Å². The number of carboxylic acids is 1. The molecule has 1 heterocycles. The Bertz CT molecular complexity index is 434. The van der Waals surface area contributed by atoms with Crippen LogP contribution in [0.1, 0.15) is 0 Å². The average Bonchev–Trinajstić information content (AvgIpc) is 2.54. The first-order valence-corrected chi connectivity index (χ1v) is 4.65. The summed E-state index contributed by atoms with van der Waals surface area (Å²) in [4.78, 5) is 8.78. The number of nitrogens with one attached hydrogen (secondary N) is 1. The highest BCUT2D eigenvalue weighted by atomic mass is 19.4. The van der Waals surface area contributed by atoms with E-state index in [1.807, 2.05) is 0 Å². The number of hydrogen-bond acceptors (Lipinski definition) is 4. The number of nitrogen functional groups attached to an aromatic ring is 1. The van der Waals surface area contributed by atoms with E-state index in [2.05, 4.69) is 9.84 Å². The molecule has 1 aromatic heterocycles. The van der Waals surface area contributed by atoms with Gasteiger partial charge in [-0.05, 0) is 0 Å². The van der Waals surface area contributed by atoms with E-state index in [1.165, 1.54) is 10.7 Å². The number of aryl methyl sites for hydroxylation is 1. The molecule has 0 aliphatic carbocycles. The lowest BCUT2D eigenvalue weighted by atomic mass is 10.6. The SMILES string of the molecule is C[n+]1[nH]c(OCC(F)(F)F)cc1N.O=C([O-])C(F)(F)F. The van der Waals surface area contributed by atoms with Crippen molar-refractivity contribution in [3.05, 3.63) is 6.07 Å². The fraction of sp³-hybridized carbons (Fsp3) is 0.500. The predicted molar refractivity (Wildman–Crippen MR) is 49.0 cm³/mol. The molecule has 0 atom stereocenters. The second-order valence-corrected chi connectivity index (χ2v) is 3.29. The number of aromatic amines is 1. The van der Waals surface area contributed by atoms with Crippen LogP contribution < -0.4 is 20.3 Å². The van der Waals surface area contributed by atoms with E-state index in [0.717, 1.165) is 0 Å². The second-order valence-electron chi connectivity index (χ2n) is 3.29. The summed E-state index contributed by atoms with van der Waals surface area (Å²) in [5.74, 6) is -2.71. The summed E-state index contributed by atoms with van der Waals surface area (Å²) in [6.45, 7) is -1.33. The van der Waals surface area contributed by atoms with Gasteiger partial charge in [-0.2, -0.15) is 36.1 Å². The van der Waals surface area contributed by atoms with Crippen LogP contribution in [0, 0.1) is 0 Å². The Balaban J connectivity index is 0.000000441. The number of ether oxygens (including phenoxy) is 1. The summed E-state index contributed by atoms with van der Waals surface area (Å²) in [5, 5.41) is 11.3. The quantitative estimate of drug-likeness (QED) is 0.577. The summed E-state index contributed by atoms with van der Waals surface area (Å²) in [6.07, 6.45) is -9.53. The van der Waals surface area contributed by atoms with Crippen molar-refractivity contribution in [1.82, 2.24) is 5.10 Å². The number of carbonyl (C=O) groups is 1.